The molecule has 2 aromatic heterocycles. The fourth-order valence-corrected chi connectivity index (χ4v) is 2.33. The Kier molecular flexibility index (Phi) is 4.02. The van der Waals surface area contributed by atoms with Crippen molar-refractivity contribution < 1.29 is 0 Å². The van der Waals surface area contributed by atoms with E-state index in [2.05, 4.69) is 27.1 Å². The van der Waals surface area contributed by atoms with Gasteiger partial charge in [-0.3, -0.25) is 0 Å². The molecule has 3 aromatic rings. The lowest BCUT2D eigenvalue weighted by Crippen LogP contribution is -2.18. The van der Waals surface area contributed by atoms with E-state index in [1.165, 1.54) is 5.56 Å². The smallest absolute Gasteiger partial charge is 0.115 e. The van der Waals surface area contributed by atoms with Crippen LogP contribution < -0.4 is 5.73 Å². The number of benzene rings is 1. The quantitative estimate of drug-likeness (QED) is 0.775. The first-order valence-electron chi connectivity index (χ1n) is 6.87. The second-order valence-corrected chi connectivity index (χ2v) is 4.94. The highest BCUT2D eigenvalue weighted by Crippen LogP contribution is 2.16. The molecular formula is C16H17N5. The largest absolute Gasteiger partial charge is 0.327 e. The number of rotatable bonds is 5. The van der Waals surface area contributed by atoms with Crippen LogP contribution in [0.3, 0.4) is 0 Å². The Morgan fingerprint density at radius 2 is 1.95 bits per heavy atom. The minimum atomic E-state index is -0.0864. The van der Waals surface area contributed by atoms with Crippen LogP contribution in [0, 0.1) is 0 Å². The van der Waals surface area contributed by atoms with E-state index in [9.17, 15) is 0 Å². The summed E-state index contributed by atoms with van der Waals surface area (Å²) in [6.45, 7) is 0.653. The number of nitrogens with two attached hydrogens (primary N) is 1. The van der Waals surface area contributed by atoms with E-state index in [1.54, 1.807) is 18.9 Å². The minimum Gasteiger partial charge on any atom is -0.327 e. The zero-order chi connectivity index (χ0) is 14.5. The predicted octanol–water partition coefficient (Wildman–Crippen LogP) is 1.96. The van der Waals surface area contributed by atoms with Crippen LogP contribution in [-0.2, 0) is 13.0 Å². The molecule has 0 saturated heterocycles. The summed E-state index contributed by atoms with van der Waals surface area (Å²) in [4.78, 5) is 12.4. The second-order valence-electron chi connectivity index (χ2n) is 4.94. The van der Waals surface area contributed by atoms with Gasteiger partial charge in [-0.2, -0.15) is 0 Å². The third-order valence-corrected chi connectivity index (χ3v) is 3.40. The summed E-state index contributed by atoms with van der Waals surface area (Å²) >= 11 is 0. The molecule has 2 heterocycles. The van der Waals surface area contributed by atoms with Crippen molar-refractivity contribution in [2.24, 2.45) is 5.73 Å². The van der Waals surface area contributed by atoms with Crippen LogP contribution in [-0.4, -0.2) is 19.5 Å². The number of nitrogens with zero attached hydrogens (tertiary/aromatic N) is 4. The molecule has 0 fully saturated rings. The van der Waals surface area contributed by atoms with Crippen molar-refractivity contribution in [3.8, 4) is 0 Å². The van der Waals surface area contributed by atoms with Crippen molar-refractivity contribution in [3.05, 3.63) is 78.4 Å². The third-order valence-electron chi connectivity index (χ3n) is 3.40. The van der Waals surface area contributed by atoms with Gasteiger partial charge in [0.1, 0.15) is 6.33 Å². The average molecular weight is 279 g/mol. The van der Waals surface area contributed by atoms with Gasteiger partial charge in [0.15, 0.2) is 0 Å². The zero-order valence-electron chi connectivity index (χ0n) is 11.6. The van der Waals surface area contributed by atoms with Gasteiger partial charge in [0.25, 0.3) is 0 Å². The van der Waals surface area contributed by atoms with Crippen molar-refractivity contribution in [1.82, 2.24) is 19.5 Å². The Bertz CT molecular complexity index is 678. The normalized spacial score (nSPS) is 12.2. The maximum Gasteiger partial charge on any atom is 0.115 e. The Labute approximate surface area is 123 Å². The molecule has 5 heteroatoms. The van der Waals surface area contributed by atoms with E-state index in [-0.39, 0.29) is 6.04 Å². The highest BCUT2D eigenvalue weighted by Gasteiger charge is 2.12. The van der Waals surface area contributed by atoms with E-state index in [0.717, 1.165) is 17.8 Å². The van der Waals surface area contributed by atoms with Crippen molar-refractivity contribution >= 4 is 0 Å². The summed E-state index contributed by atoms with van der Waals surface area (Å²) in [5, 5.41) is 0. The highest BCUT2D eigenvalue weighted by molar-refractivity contribution is 5.19. The van der Waals surface area contributed by atoms with Gasteiger partial charge < -0.3 is 10.3 Å². The van der Waals surface area contributed by atoms with Crippen molar-refractivity contribution in [2.75, 3.05) is 0 Å². The third kappa shape index (κ3) is 3.32. The molecule has 0 aliphatic heterocycles. The molecule has 0 bridgehead atoms. The van der Waals surface area contributed by atoms with Crippen molar-refractivity contribution in [3.63, 3.8) is 0 Å². The Morgan fingerprint density at radius 3 is 2.71 bits per heavy atom. The molecule has 0 radical (unpaired) electrons. The number of hydrogen-bond acceptors (Lipinski definition) is 4. The molecule has 1 aromatic carbocycles. The zero-order valence-corrected chi connectivity index (χ0v) is 11.6. The topological polar surface area (TPSA) is 69.6 Å². The molecule has 0 aliphatic carbocycles. The molecule has 106 valence electrons. The summed E-state index contributed by atoms with van der Waals surface area (Å²) in [6, 6.07) is 12.0. The maximum atomic E-state index is 6.33. The molecular weight excluding hydrogens is 262 g/mol. The molecule has 0 unspecified atom stereocenters. The monoisotopic (exact) mass is 279 g/mol. The molecule has 1 atom stereocenters. The summed E-state index contributed by atoms with van der Waals surface area (Å²) in [5.41, 5.74) is 9.51. The molecule has 0 saturated carbocycles. The highest BCUT2D eigenvalue weighted by atomic mass is 15.1. The molecule has 2 N–H and O–H groups in total. The van der Waals surface area contributed by atoms with E-state index in [1.807, 2.05) is 35.0 Å². The lowest BCUT2D eigenvalue weighted by atomic mass is 10.0. The number of imidazole rings is 1. The van der Waals surface area contributed by atoms with Gasteiger partial charge in [0.2, 0.25) is 0 Å². The van der Waals surface area contributed by atoms with Gasteiger partial charge in [-0.1, -0.05) is 30.3 Å². The summed E-state index contributed by atoms with van der Waals surface area (Å²) in [6.07, 6.45) is 7.70. The summed E-state index contributed by atoms with van der Waals surface area (Å²) in [7, 11) is 0. The second kappa shape index (κ2) is 6.28. The molecule has 0 aliphatic rings. The Balaban J connectivity index is 1.75. The van der Waals surface area contributed by atoms with Crippen LogP contribution in [0.4, 0.5) is 0 Å². The lowest BCUT2D eigenvalue weighted by molar-refractivity contribution is 0.625. The fraction of sp³-hybridized carbons (Fsp3) is 0.188. The molecule has 0 spiro atoms. The van der Waals surface area contributed by atoms with E-state index in [4.69, 9.17) is 5.73 Å². The lowest BCUT2D eigenvalue weighted by Gasteiger charge is -2.14. The first kappa shape index (κ1) is 13.5. The molecule has 5 nitrogen and oxygen atoms in total. The van der Waals surface area contributed by atoms with Crippen molar-refractivity contribution in [2.45, 2.75) is 19.0 Å². The summed E-state index contributed by atoms with van der Waals surface area (Å²) < 4.78 is 2.04. The average Bonchev–Trinajstić information content (AvgIpc) is 2.97. The van der Waals surface area contributed by atoms with E-state index < -0.39 is 0 Å². The fourth-order valence-electron chi connectivity index (χ4n) is 2.33. The van der Waals surface area contributed by atoms with Gasteiger partial charge in [0, 0.05) is 12.4 Å². The summed E-state index contributed by atoms with van der Waals surface area (Å²) in [5.74, 6) is 0. The Hall–Kier alpha value is -2.53. The molecule has 21 heavy (non-hydrogen) atoms. The first-order valence-corrected chi connectivity index (χ1v) is 6.87. The van der Waals surface area contributed by atoms with Crippen molar-refractivity contribution in [1.29, 1.82) is 0 Å². The maximum absolute atomic E-state index is 6.33. The van der Waals surface area contributed by atoms with E-state index >= 15 is 0 Å². The van der Waals surface area contributed by atoms with Crippen LogP contribution in [0.5, 0.6) is 0 Å². The Morgan fingerprint density at radius 1 is 1.10 bits per heavy atom. The van der Waals surface area contributed by atoms with Gasteiger partial charge >= 0.3 is 0 Å². The molecule has 0 amide bonds. The number of aromatic nitrogens is 4. The van der Waals surface area contributed by atoms with Crippen LogP contribution >= 0.6 is 0 Å². The molecule has 3 rings (SSSR count). The minimum absolute atomic E-state index is 0.0864. The van der Waals surface area contributed by atoms with Gasteiger partial charge in [0.05, 0.1) is 30.3 Å². The number of hydrogen-bond donors (Lipinski definition) is 1. The first-order chi connectivity index (χ1) is 10.3. The SMILES string of the molecule is N[C@H](Cc1ccccc1)c1cncn1Cc1ccncn1. The van der Waals surface area contributed by atoms with E-state index in [0.29, 0.717) is 6.54 Å². The van der Waals surface area contributed by atoms with Crippen LogP contribution in [0.15, 0.2) is 61.4 Å². The van der Waals surface area contributed by atoms with Gasteiger partial charge in [-0.15, -0.1) is 0 Å². The van der Waals surface area contributed by atoms with Gasteiger partial charge in [-0.25, -0.2) is 15.0 Å². The predicted molar refractivity (Wildman–Crippen MR) is 80.4 cm³/mol. The van der Waals surface area contributed by atoms with Crippen LogP contribution in [0.25, 0.3) is 0 Å². The van der Waals surface area contributed by atoms with Gasteiger partial charge in [-0.05, 0) is 18.1 Å². The van der Waals surface area contributed by atoms with Crippen LogP contribution in [0.2, 0.25) is 0 Å². The van der Waals surface area contributed by atoms with Crippen LogP contribution in [0.1, 0.15) is 23.0 Å². The standard InChI is InChI=1S/C16H17N5/c17-15(8-13-4-2-1-3-5-13)16-9-19-12-21(16)10-14-6-7-18-11-20-14/h1-7,9,11-12,15H,8,10,17H2/t15-/m1/s1.